The fraction of sp³-hybridized carbons (Fsp3) is 1.00. The first-order valence-electron chi connectivity index (χ1n) is 3.69. The topological polar surface area (TPSA) is 49.7 Å². The van der Waals surface area contributed by atoms with Gasteiger partial charge in [0.25, 0.3) is 0 Å². The smallest absolute Gasteiger partial charge is 0.181 e. The summed E-state index contributed by atoms with van der Waals surface area (Å²) in [6.07, 6.45) is 2.13. The third-order valence-corrected chi connectivity index (χ3v) is 2.52. The van der Waals surface area contributed by atoms with Gasteiger partial charge in [-0.25, -0.2) is 0 Å². The molecule has 0 aromatic heterocycles. The Hall–Kier alpha value is 0.230. The molecule has 11 heavy (non-hydrogen) atoms. The van der Waals surface area contributed by atoms with Crippen molar-refractivity contribution < 1.29 is 13.8 Å². The molecule has 3 nitrogen and oxygen atoms in total. The highest BCUT2D eigenvalue weighted by molar-refractivity contribution is 7.88. The van der Waals surface area contributed by atoms with Crippen molar-refractivity contribution in [3.63, 3.8) is 0 Å². The lowest BCUT2D eigenvalue weighted by atomic mass is 9.92. The van der Waals surface area contributed by atoms with E-state index >= 15 is 0 Å². The molecule has 1 aliphatic carbocycles. The van der Waals surface area contributed by atoms with E-state index in [0.29, 0.717) is 12.8 Å². The van der Waals surface area contributed by atoms with E-state index in [2.05, 4.69) is 13.8 Å². The van der Waals surface area contributed by atoms with Gasteiger partial charge in [0, 0.05) is 12.8 Å². The molecule has 1 unspecified atom stereocenters. The van der Waals surface area contributed by atoms with Crippen molar-refractivity contribution >= 4 is 12.3 Å². The van der Waals surface area contributed by atoms with Crippen LogP contribution in [0.4, 0.5) is 0 Å². The second-order valence-corrected chi connectivity index (χ2v) is 4.26. The molecule has 0 saturated heterocycles. The molecule has 2 N–H and O–H groups in total. The zero-order chi connectivity index (χ0) is 8.54. The lowest BCUT2D eigenvalue weighted by Crippen LogP contribution is -2.27. The summed E-state index contributed by atoms with van der Waals surface area (Å²) >= 11 is 0.248. The van der Waals surface area contributed by atoms with Crippen LogP contribution in [-0.2, 0) is 4.18 Å². The SMILES string of the molecule is CC1(C)CCC(O)(OSO)C1. The molecule has 0 aromatic rings. The standard InChI is InChI=1S/C7H14O3S/c1-6(2)3-4-7(8,5-6)10-11-9/h8-9H,3-5H2,1-2H3. The van der Waals surface area contributed by atoms with Crippen LogP contribution in [0.1, 0.15) is 33.1 Å². The highest BCUT2D eigenvalue weighted by Gasteiger charge is 2.43. The van der Waals surface area contributed by atoms with Gasteiger partial charge in [0.05, 0.1) is 0 Å². The van der Waals surface area contributed by atoms with Crippen molar-refractivity contribution in [2.24, 2.45) is 5.41 Å². The van der Waals surface area contributed by atoms with Crippen molar-refractivity contribution in [3.05, 3.63) is 0 Å². The van der Waals surface area contributed by atoms with Crippen LogP contribution in [0.25, 0.3) is 0 Å². The van der Waals surface area contributed by atoms with E-state index in [-0.39, 0.29) is 17.7 Å². The van der Waals surface area contributed by atoms with E-state index in [1.165, 1.54) is 0 Å². The lowest BCUT2D eigenvalue weighted by Gasteiger charge is -2.22. The zero-order valence-electron chi connectivity index (χ0n) is 6.83. The summed E-state index contributed by atoms with van der Waals surface area (Å²) in [6, 6.07) is 0. The molecule has 0 heterocycles. The van der Waals surface area contributed by atoms with Crippen molar-refractivity contribution in [3.8, 4) is 0 Å². The molecule has 0 bridgehead atoms. The molecule has 0 radical (unpaired) electrons. The summed E-state index contributed by atoms with van der Waals surface area (Å²) in [5.41, 5.74) is 0.129. The normalized spacial score (nSPS) is 36.0. The Labute approximate surface area is 71.2 Å². The maximum atomic E-state index is 9.62. The highest BCUT2D eigenvalue weighted by atomic mass is 32.2. The van der Waals surface area contributed by atoms with Crippen molar-refractivity contribution in [1.29, 1.82) is 0 Å². The van der Waals surface area contributed by atoms with Gasteiger partial charge in [0.15, 0.2) is 18.1 Å². The van der Waals surface area contributed by atoms with Gasteiger partial charge in [-0.3, -0.25) is 4.18 Å². The third-order valence-electron chi connectivity index (χ3n) is 2.14. The van der Waals surface area contributed by atoms with Gasteiger partial charge < -0.3 is 9.66 Å². The molecule has 0 amide bonds. The van der Waals surface area contributed by atoms with Crippen LogP contribution >= 0.6 is 12.3 Å². The maximum Gasteiger partial charge on any atom is 0.181 e. The first kappa shape index (κ1) is 9.32. The average molecular weight is 178 g/mol. The first-order valence-corrected chi connectivity index (χ1v) is 4.39. The van der Waals surface area contributed by atoms with E-state index in [1.54, 1.807) is 0 Å². The Morgan fingerprint density at radius 1 is 1.36 bits per heavy atom. The van der Waals surface area contributed by atoms with Crippen LogP contribution in [0.15, 0.2) is 0 Å². The molecular formula is C7H14O3S. The molecule has 1 rings (SSSR count). The van der Waals surface area contributed by atoms with Crippen LogP contribution in [-0.4, -0.2) is 15.4 Å². The molecule has 1 fully saturated rings. The van der Waals surface area contributed by atoms with Crippen molar-refractivity contribution in [2.75, 3.05) is 0 Å². The average Bonchev–Trinajstić information content (AvgIpc) is 2.07. The molecule has 66 valence electrons. The van der Waals surface area contributed by atoms with Crippen LogP contribution in [0.5, 0.6) is 0 Å². The Morgan fingerprint density at radius 2 is 2.00 bits per heavy atom. The summed E-state index contributed by atoms with van der Waals surface area (Å²) < 4.78 is 13.2. The monoisotopic (exact) mass is 178 g/mol. The Balaban J connectivity index is 2.51. The minimum absolute atomic E-state index is 0.129. The van der Waals surface area contributed by atoms with Gasteiger partial charge >= 0.3 is 0 Å². The Kier molecular flexibility index (Phi) is 2.49. The second-order valence-electron chi connectivity index (χ2n) is 3.95. The van der Waals surface area contributed by atoms with Crippen LogP contribution in [0.2, 0.25) is 0 Å². The van der Waals surface area contributed by atoms with E-state index < -0.39 is 5.79 Å². The molecule has 0 aliphatic heterocycles. The van der Waals surface area contributed by atoms with E-state index in [1.807, 2.05) is 0 Å². The van der Waals surface area contributed by atoms with Crippen molar-refractivity contribution in [1.82, 2.24) is 0 Å². The molecule has 4 heteroatoms. The summed E-state index contributed by atoms with van der Waals surface area (Å²) in [5, 5.41) is 9.62. The first-order chi connectivity index (χ1) is 4.97. The summed E-state index contributed by atoms with van der Waals surface area (Å²) in [6.45, 7) is 4.16. The number of rotatable bonds is 2. The van der Waals surface area contributed by atoms with Gasteiger partial charge in [0.1, 0.15) is 0 Å². The molecular weight excluding hydrogens is 164 g/mol. The van der Waals surface area contributed by atoms with Gasteiger partial charge in [-0.2, -0.15) is 0 Å². The fourth-order valence-corrected chi connectivity index (χ4v) is 1.88. The van der Waals surface area contributed by atoms with Crippen LogP contribution < -0.4 is 0 Å². The highest BCUT2D eigenvalue weighted by Crippen LogP contribution is 2.45. The molecule has 0 aromatic carbocycles. The zero-order valence-corrected chi connectivity index (χ0v) is 7.65. The molecule has 1 saturated carbocycles. The maximum absolute atomic E-state index is 9.62. The molecule has 1 atom stereocenters. The number of hydrogen-bond donors (Lipinski definition) is 2. The fourth-order valence-electron chi connectivity index (χ4n) is 1.60. The molecule has 1 aliphatic rings. The predicted molar refractivity (Wildman–Crippen MR) is 43.9 cm³/mol. The lowest BCUT2D eigenvalue weighted by molar-refractivity contribution is -0.127. The number of aliphatic hydroxyl groups is 1. The second kappa shape index (κ2) is 2.94. The minimum atomic E-state index is -1.11. The summed E-state index contributed by atoms with van der Waals surface area (Å²) in [4.78, 5) is 0. The largest absolute Gasteiger partial charge is 0.365 e. The third kappa shape index (κ3) is 2.33. The van der Waals surface area contributed by atoms with Gasteiger partial charge in [-0.1, -0.05) is 13.8 Å². The van der Waals surface area contributed by atoms with Crippen molar-refractivity contribution in [2.45, 2.75) is 38.9 Å². The molecule has 0 spiro atoms. The van der Waals surface area contributed by atoms with E-state index in [4.69, 9.17) is 8.74 Å². The van der Waals surface area contributed by atoms with E-state index in [9.17, 15) is 5.11 Å². The van der Waals surface area contributed by atoms with Gasteiger partial charge in [-0.15, -0.1) is 0 Å². The Bertz CT molecular complexity index is 149. The summed E-state index contributed by atoms with van der Waals surface area (Å²) in [5.74, 6) is -1.11. The number of hydrogen-bond acceptors (Lipinski definition) is 4. The van der Waals surface area contributed by atoms with Gasteiger partial charge in [-0.05, 0) is 11.8 Å². The van der Waals surface area contributed by atoms with Crippen LogP contribution in [0, 0.1) is 5.41 Å². The van der Waals surface area contributed by atoms with Crippen LogP contribution in [0.3, 0.4) is 0 Å². The predicted octanol–water partition coefficient (Wildman–Crippen LogP) is 2.02. The Morgan fingerprint density at radius 3 is 2.36 bits per heavy atom. The van der Waals surface area contributed by atoms with E-state index in [0.717, 1.165) is 6.42 Å². The van der Waals surface area contributed by atoms with Gasteiger partial charge in [0.2, 0.25) is 0 Å². The summed E-state index contributed by atoms with van der Waals surface area (Å²) in [7, 11) is 0. The quantitative estimate of drug-likeness (QED) is 0.501. The minimum Gasteiger partial charge on any atom is -0.365 e.